The minimum atomic E-state index is 0.0193. The number of methoxy groups -OCH3 is 2. The molecule has 0 spiro atoms. The molecule has 118 valence electrons. The number of benzene rings is 1. The third-order valence-electron chi connectivity index (χ3n) is 2.69. The maximum Gasteiger partial charge on any atom is 0.175 e. The number of hydrogen-bond donors (Lipinski definition) is 0. The summed E-state index contributed by atoms with van der Waals surface area (Å²) in [6.07, 6.45) is 0. The van der Waals surface area contributed by atoms with Crippen molar-refractivity contribution in [2.45, 2.75) is 15.6 Å². The lowest BCUT2D eigenvalue weighted by Gasteiger charge is -2.08. The van der Waals surface area contributed by atoms with Gasteiger partial charge in [0, 0.05) is 5.56 Å². The first-order valence-electron chi connectivity index (χ1n) is 6.52. The molecule has 0 amide bonds. The molecule has 0 radical (unpaired) electrons. The number of thioether (sulfide) groups is 2. The lowest BCUT2D eigenvalue weighted by molar-refractivity contribution is 0.102. The summed E-state index contributed by atoms with van der Waals surface area (Å²) in [4.78, 5) is 12.3. The minimum absolute atomic E-state index is 0.0193. The third-order valence-corrected chi connectivity index (χ3v) is 5.76. The van der Waals surface area contributed by atoms with Crippen molar-refractivity contribution in [2.75, 3.05) is 25.7 Å². The maximum absolute atomic E-state index is 12.3. The molecule has 0 atom stereocenters. The molecule has 8 heteroatoms. The Kier molecular flexibility index (Phi) is 6.53. The molecule has 0 saturated carbocycles. The highest BCUT2D eigenvalue weighted by Crippen LogP contribution is 2.30. The van der Waals surface area contributed by atoms with Gasteiger partial charge in [-0.05, 0) is 24.0 Å². The van der Waals surface area contributed by atoms with Crippen LogP contribution in [0.25, 0.3) is 0 Å². The van der Waals surface area contributed by atoms with Crippen LogP contribution in [0.3, 0.4) is 0 Å². The van der Waals surface area contributed by atoms with Gasteiger partial charge in [-0.15, -0.1) is 10.2 Å². The molecule has 1 aromatic heterocycles. The Labute approximate surface area is 141 Å². The average Bonchev–Trinajstić information content (AvgIpc) is 2.99. The molecule has 2 rings (SSSR count). The highest BCUT2D eigenvalue weighted by molar-refractivity contribution is 8.03. The number of hydrogen-bond acceptors (Lipinski definition) is 8. The predicted octanol–water partition coefficient (Wildman–Crippen LogP) is 3.64. The molecule has 0 fully saturated rings. The summed E-state index contributed by atoms with van der Waals surface area (Å²) in [6, 6.07) is 5.17. The standard InChI is InChI=1S/C14H16N2O3S3/c1-4-20-13-15-16-14(22-13)21-8-10(17)9-5-6-11(18-2)12(7-9)19-3/h5-7H,4,8H2,1-3H3. The fraction of sp³-hybridized carbons (Fsp3) is 0.357. The van der Waals surface area contributed by atoms with Crippen LogP contribution in [0.4, 0.5) is 0 Å². The molecule has 0 N–H and O–H groups in total. The van der Waals surface area contributed by atoms with Crippen molar-refractivity contribution >= 4 is 40.6 Å². The van der Waals surface area contributed by atoms with Crippen LogP contribution in [0.2, 0.25) is 0 Å². The van der Waals surface area contributed by atoms with Gasteiger partial charge in [0.2, 0.25) is 0 Å². The molecular weight excluding hydrogens is 340 g/mol. The van der Waals surface area contributed by atoms with Gasteiger partial charge in [-0.2, -0.15) is 0 Å². The summed E-state index contributed by atoms with van der Waals surface area (Å²) in [5.41, 5.74) is 0.595. The Morgan fingerprint density at radius 1 is 1.14 bits per heavy atom. The van der Waals surface area contributed by atoms with Gasteiger partial charge in [0.1, 0.15) is 0 Å². The monoisotopic (exact) mass is 356 g/mol. The van der Waals surface area contributed by atoms with Crippen molar-refractivity contribution < 1.29 is 14.3 Å². The van der Waals surface area contributed by atoms with Crippen LogP contribution in [0.15, 0.2) is 26.9 Å². The zero-order valence-electron chi connectivity index (χ0n) is 12.5. The van der Waals surface area contributed by atoms with E-state index in [0.717, 1.165) is 14.4 Å². The van der Waals surface area contributed by atoms with Crippen molar-refractivity contribution in [3.63, 3.8) is 0 Å². The van der Waals surface area contributed by atoms with Gasteiger partial charge >= 0.3 is 0 Å². The van der Waals surface area contributed by atoms with E-state index < -0.39 is 0 Å². The summed E-state index contributed by atoms with van der Waals surface area (Å²) in [7, 11) is 3.12. The van der Waals surface area contributed by atoms with Crippen LogP contribution in [0.5, 0.6) is 11.5 Å². The number of carbonyl (C=O) groups is 1. The van der Waals surface area contributed by atoms with Crippen molar-refractivity contribution in [3.8, 4) is 11.5 Å². The normalized spacial score (nSPS) is 10.5. The zero-order valence-corrected chi connectivity index (χ0v) is 14.9. The highest BCUT2D eigenvalue weighted by Gasteiger charge is 2.13. The van der Waals surface area contributed by atoms with Crippen molar-refractivity contribution in [3.05, 3.63) is 23.8 Å². The number of ether oxygens (including phenoxy) is 2. The molecule has 1 heterocycles. The van der Waals surface area contributed by atoms with E-state index in [-0.39, 0.29) is 5.78 Å². The first kappa shape index (κ1) is 17.1. The van der Waals surface area contributed by atoms with Gasteiger partial charge < -0.3 is 9.47 Å². The molecule has 5 nitrogen and oxygen atoms in total. The maximum atomic E-state index is 12.3. The largest absolute Gasteiger partial charge is 0.493 e. The number of aromatic nitrogens is 2. The number of carbonyl (C=O) groups excluding carboxylic acids is 1. The lowest BCUT2D eigenvalue weighted by atomic mass is 10.1. The second-order valence-corrected chi connectivity index (χ2v) is 7.76. The Hall–Kier alpha value is -1.25. The van der Waals surface area contributed by atoms with Gasteiger partial charge in [-0.3, -0.25) is 4.79 Å². The molecule has 0 bridgehead atoms. The van der Waals surface area contributed by atoms with Crippen LogP contribution >= 0.6 is 34.9 Å². The third kappa shape index (κ3) is 4.37. The lowest BCUT2D eigenvalue weighted by Crippen LogP contribution is -2.03. The van der Waals surface area contributed by atoms with Crippen molar-refractivity contribution in [1.82, 2.24) is 10.2 Å². The number of rotatable bonds is 8. The van der Waals surface area contributed by atoms with Gasteiger partial charge in [-0.25, -0.2) is 0 Å². The van der Waals surface area contributed by atoms with Crippen LogP contribution in [0, 0.1) is 0 Å². The first-order chi connectivity index (χ1) is 10.7. The second kappa shape index (κ2) is 8.40. The van der Waals surface area contributed by atoms with Crippen LogP contribution < -0.4 is 9.47 Å². The smallest absolute Gasteiger partial charge is 0.175 e. The van der Waals surface area contributed by atoms with Gasteiger partial charge in [-0.1, -0.05) is 41.8 Å². The van der Waals surface area contributed by atoms with E-state index in [0.29, 0.717) is 22.8 Å². The zero-order chi connectivity index (χ0) is 15.9. The SMILES string of the molecule is CCSc1nnc(SCC(=O)c2ccc(OC)c(OC)c2)s1. The van der Waals surface area contributed by atoms with E-state index in [4.69, 9.17) is 9.47 Å². The molecule has 22 heavy (non-hydrogen) atoms. The van der Waals surface area contributed by atoms with E-state index in [2.05, 4.69) is 17.1 Å². The highest BCUT2D eigenvalue weighted by atomic mass is 32.2. The number of Topliss-reactive ketones (excluding diaryl/α,β-unsaturated/α-hetero) is 1. The fourth-order valence-electron chi connectivity index (χ4n) is 1.66. The topological polar surface area (TPSA) is 61.3 Å². The fourth-order valence-corrected chi connectivity index (χ4v) is 4.47. The molecule has 1 aromatic carbocycles. The van der Waals surface area contributed by atoms with Crippen LogP contribution in [-0.4, -0.2) is 41.7 Å². The quantitative estimate of drug-likeness (QED) is 0.528. The average molecular weight is 356 g/mol. The van der Waals surface area contributed by atoms with E-state index >= 15 is 0 Å². The summed E-state index contributed by atoms with van der Waals surface area (Å²) < 4.78 is 12.1. The predicted molar refractivity (Wildman–Crippen MR) is 90.9 cm³/mol. The van der Waals surface area contributed by atoms with Gasteiger partial charge in [0.15, 0.2) is 26.0 Å². The molecule has 0 aliphatic carbocycles. The summed E-state index contributed by atoms with van der Waals surface area (Å²) in [6.45, 7) is 2.07. The van der Waals surface area contributed by atoms with Crippen LogP contribution in [0.1, 0.15) is 17.3 Å². The number of ketones is 1. The van der Waals surface area contributed by atoms with E-state index in [1.807, 2.05) is 0 Å². The Balaban J connectivity index is 1.99. The summed E-state index contributed by atoms with van der Waals surface area (Å²) in [5.74, 6) is 2.46. The van der Waals surface area contributed by atoms with Crippen molar-refractivity contribution in [1.29, 1.82) is 0 Å². The molecule has 0 unspecified atom stereocenters. The Morgan fingerprint density at radius 2 is 1.82 bits per heavy atom. The molecular formula is C14H16N2O3S3. The molecule has 2 aromatic rings. The Morgan fingerprint density at radius 3 is 2.45 bits per heavy atom. The molecule has 0 aliphatic heterocycles. The van der Waals surface area contributed by atoms with E-state index in [1.165, 1.54) is 23.1 Å². The summed E-state index contributed by atoms with van der Waals surface area (Å²) in [5, 5.41) is 8.14. The first-order valence-corrected chi connectivity index (χ1v) is 9.31. The van der Waals surface area contributed by atoms with Gasteiger partial charge in [0.05, 0.1) is 20.0 Å². The Bertz CT molecular complexity index is 646. The van der Waals surface area contributed by atoms with Crippen LogP contribution in [-0.2, 0) is 0 Å². The minimum Gasteiger partial charge on any atom is -0.493 e. The number of nitrogens with zero attached hydrogens (tertiary/aromatic N) is 2. The van der Waals surface area contributed by atoms with Crippen molar-refractivity contribution in [2.24, 2.45) is 0 Å². The second-order valence-electron chi connectivity index (χ2n) is 4.05. The summed E-state index contributed by atoms with van der Waals surface area (Å²) >= 11 is 4.57. The molecule has 0 aliphatic rings. The van der Waals surface area contributed by atoms with Gasteiger partial charge in [0.25, 0.3) is 0 Å². The van der Waals surface area contributed by atoms with E-state index in [9.17, 15) is 4.79 Å². The van der Waals surface area contributed by atoms with E-state index in [1.54, 1.807) is 44.2 Å². The molecule has 0 saturated heterocycles.